The van der Waals surface area contributed by atoms with Gasteiger partial charge in [-0.3, -0.25) is 4.79 Å². The van der Waals surface area contributed by atoms with Crippen LogP contribution in [0.1, 0.15) is 35.6 Å². The Morgan fingerprint density at radius 2 is 2.05 bits per heavy atom. The zero-order valence-electron chi connectivity index (χ0n) is 12.8. The molecule has 3 rings (SSSR count). The van der Waals surface area contributed by atoms with E-state index >= 15 is 0 Å². The zero-order chi connectivity index (χ0) is 15.5. The van der Waals surface area contributed by atoms with E-state index in [2.05, 4.69) is 31.2 Å². The summed E-state index contributed by atoms with van der Waals surface area (Å²) < 4.78 is 0. The van der Waals surface area contributed by atoms with Gasteiger partial charge in [0, 0.05) is 11.6 Å². The smallest absolute Gasteiger partial charge is 0.227 e. The first-order valence-electron chi connectivity index (χ1n) is 7.74. The Hall–Kier alpha value is -1.80. The molecule has 2 nitrogen and oxygen atoms in total. The number of amides is 1. The van der Waals surface area contributed by atoms with Gasteiger partial charge in [0.05, 0.1) is 12.5 Å². The molecule has 3 heteroatoms. The summed E-state index contributed by atoms with van der Waals surface area (Å²) in [6.45, 7) is 2.93. The molecule has 0 N–H and O–H groups in total. The van der Waals surface area contributed by atoms with Crippen molar-refractivity contribution in [2.75, 3.05) is 6.54 Å². The van der Waals surface area contributed by atoms with Crippen LogP contribution in [0, 0.1) is 6.92 Å². The number of carbonyl (C=O) groups excluding carboxylic acids is 1. The van der Waals surface area contributed by atoms with Crippen molar-refractivity contribution in [2.24, 2.45) is 0 Å². The second-order valence-corrected chi connectivity index (χ2v) is 6.33. The molecule has 1 saturated heterocycles. The van der Waals surface area contributed by atoms with Gasteiger partial charge in [0.15, 0.2) is 0 Å². The third-order valence-corrected chi connectivity index (χ3v) is 4.67. The number of aryl methyl sites for hydroxylation is 1. The van der Waals surface area contributed by atoms with Crippen LogP contribution in [0.25, 0.3) is 0 Å². The van der Waals surface area contributed by atoms with E-state index < -0.39 is 0 Å². The molecule has 1 heterocycles. The average molecular weight is 314 g/mol. The second-order valence-electron chi connectivity index (χ2n) is 5.93. The highest BCUT2D eigenvalue weighted by Gasteiger charge is 2.29. The summed E-state index contributed by atoms with van der Waals surface area (Å²) in [7, 11) is 0. The van der Waals surface area contributed by atoms with Crippen LogP contribution in [0.15, 0.2) is 48.5 Å². The molecule has 114 valence electrons. The Bertz CT molecular complexity index is 683. The summed E-state index contributed by atoms with van der Waals surface area (Å²) in [5.74, 6) is 0.164. The molecule has 1 aliphatic rings. The molecule has 0 radical (unpaired) electrons. The summed E-state index contributed by atoms with van der Waals surface area (Å²) in [4.78, 5) is 14.7. The van der Waals surface area contributed by atoms with Crippen molar-refractivity contribution in [1.82, 2.24) is 4.90 Å². The van der Waals surface area contributed by atoms with Crippen LogP contribution >= 0.6 is 11.6 Å². The van der Waals surface area contributed by atoms with Gasteiger partial charge in [-0.2, -0.15) is 0 Å². The van der Waals surface area contributed by atoms with E-state index in [0.29, 0.717) is 11.4 Å². The number of hydrogen-bond acceptors (Lipinski definition) is 1. The maximum absolute atomic E-state index is 12.7. The fourth-order valence-corrected chi connectivity index (χ4v) is 3.40. The molecule has 1 aliphatic heterocycles. The molecule has 1 atom stereocenters. The third kappa shape index (κ3) is 3.17. The topological polar surface area (TPSA) is 20.3 Å². The number of carbonyl (C=O) groups is 1. The molecular formula is C19H20ClNO. The minimum absolute atomic E-state index is 0.164. The van der Waals surface area contributed by atoms with Gasteiger partial charge in [0.25, 0.3) is 0 Å². The Morgan fingerprint density at radius 3 is 2.82 bits per heavy atom. The lowest BCUT2D eigenvalue weighted by molar-refractivity contribution is -0.131. The summed E-state index contributed by atoms with van der Waals surface area (Å²) in [6, 6.07) is 16.3. The third-order valence-electron chi connectivity index (χ3n) is 4.30. The highest BCUT2D eigenvalue weighted by Crippen LogP contribution is 2.33. The molecule has 22 heavy (non-hydrogen) atoms. The molecule has 2 aromatic carbocycles. The van der Waals surface area contributed by atoms with E-state index in [0.717, 1.165) is 24.9 Å². The van der Waals surface area contributed by atoms with Crippen molar-refractivity contribution in [3.05, 3.63) is 70.2 Å². The summed E-state index contributed by atoms with van der Waals surface area (Å²) in [5, 5.41) is 0.669. The number of benzene rings is 2. The molecule has 1 amide bonds. The first-order valence-corrected chi connectivity index (χ1v) is 8.12. The van der Waals surface area contributed by atoms with E-state index in [4.69, 9.17) is 11.6 Å². The molecule has 0 saturated carbocycles. The first-order chi connectivity index (χ1) is 10.6. The Kier molecular flexibility index (Phi) is 4.49. The highest BCUT2D eigenvalue weighted by molar-refractivity contribution is 6.31. The SMILES string of the molecule is Cc1cccc([C@@H]2CCCN2C(=O)Cc2ccccc2Cl)c1. The van der Waals surface area contributed by atoms with Crippen LogP contribution in [-0.2, 0) is 11.2 Å². The number of hydrogen-bond donors (Lipinski definition) is 0. The Labute approximate surface area is 136 Å². The summed E-state index contributed by atoms with van der Waals surface area (Å²) in [6.07, 6.45) is 2.48. The van der Waals surface area contributed by atoms with Crippen molar-refractivity contribution in [2.45, 2.75) is 32.2 Å². The molecule has 0 unspecified atom stereocenters. The van der Waals surface area contributed by atoms with Crippen LogP contribution in [-0.4, -0.2) is 17.4 Å². The van der Waals surface area contributed by atoms with Gasteiger partial charge < -0.3 is 4.90 Å². The first kappa shape index (κ1) is 15.1. The quantitative estimate of drug-likeness (QED) is 0.813. The van der Waals surface area contributed by atoms with Gasteiger partial charge in [-0.05, 0) is 37.0 Å². The minimum atomic E-state index is 0.164. The van der Waals surface area contributed by atoms with Crippen LogP contribution in [0.3, 0.4) is 0 Å². The lowest BCUT2D eigenvalue weighted by Gasteiger charge is -2.25. The van der Waals surface area contributed by atoms with E-state index in [-0.39, 0.29) is 11.9 Å². The van der Waals surface area contributed by atoms with Gasteiger partial charge >= 0.3 is 0 Å². The molecule has 0 spiro atoms. The molecule has 0 aliphatic carbocycles. The minimum Gasteiger partial charge on any atom is -0.335 e. The molecule has 0 aromatic heterocycles. The van der Waals surface area contributed by atoms with E-state index in [1.807, 2.05) is 29.2 Å². The predicted octanol–water partition coefficient (Wildman–Crippen LogP) is 4.55. The zero-order valence-corrected chi connectivity index (χ0v) is 13.5. The largest absolute Gasteiger partial charge is 0.335 e. The highest BCUT2D eigenvalue weighted by atomic mass is 35.5. The Morgan fingerprint density at radius 1 is 1.23 bits per heavy atom. The van der Waals surface area contributed by atoms with Crippen LogP contribution in [0.2, 0.25) is 5.02 Å². The second kappa shape index (κ2) is 6.53. The van der Waals surface area contributed by atoms with Crippen molar-refractivity contribution in [1.29, 1.82) is 0 Å². The van der Waals surface area contributed by atoms with Crippen molar-refractivity contribution in [3.8, 4) is 0 Å². The van der Waals surface area contributed by atoms with Gasteiger partial charge in [0.2, 0.25) is 5.91 Å². The molecule has 0 bridgehead atoms. The van der Waals surface area contributed by atoms with Gasteiger partial charge in [-0.25, -0.2) is 0 Å². The van der Waals surface area contributed by atoms with Gasteiger partial charge in [-0.1, -0.05) is 59.6 Å². The van der Waals surface area contributed by atoms with E-state index in [1.165, 1.54) is 11.1 Å². The average Bonchev–Trinajstić information content (AvgIpc) is 2.99. The van der Waals surface area contributed by atoms with Crippen LogP contribution < -0.4 is 0 Å². The molecule has 1 fully saturated rings. The number of nitrogens with zero attached hydrogens (tertiary/aromatic N) is 1. The van der Waals surface area contributed by atoms with Crippen molar-refractivity contribution < 1.29 is 4.79 Å². The maximum atomic E-state index is 12.7. The van der Waals surface area contributed by atoms with E-state index in [1.54, 1.807) is 0 Å². The summed E-state index contributed by atoms with van der Waals surface area (Å²) >= 11 is 6.18. The number of likely N-dealkylation sites (tertiary alicyclic amines) is 1. The maximum Gasteiger partial charge on any atom is 0.227 e. The fraction of sp³-hybridized carbons (Fsp3) is 0.316. The molecular weight excluding hydrogens is 294 g/mol. The normalized spacial score (nSPS) is 17.7. The molecule has 2 aromatic rings. The van der Waals surface area contributed by atoms with Gasteiger partial charge in [0.1, 0.15) is 0 Å². The predicted molar refractivity (Wildman–Crippen MR) is 90.0 cm³/mol. The Balaban J connectivity index is 1.78. The number of halogens is 1. The standard InChI is InChI=1S/C19H20ClNO/c1-14-6-4-8-16(12-14)18-10-5-11-21(18)19(22)13-15-7-2-3-9-17(15)20/h2-4,6-9,12,18H,5,10-11,13H2,1H3/t18-/m0/s1. The lowest BCUT2D eigenvalue weighted by atomic mass is 10.0. The van der Waals surface area contributed by atoms with Crippen LogP contribution in [0.5, 0.6) is 0 Å². The fourth-order valence-electron chi connectivity index (χ4n) is 3.20. The van der Waals surface area contributed by atoms with Crippen molar-refractivity contribution in [3.63, 3.8) is 0 Å². The number of rotatable bonds is 3. The summed E-state index contributed by atoms with van der Waals surface area (Å²) in [5.41, 5.74) is 3.39. The van der Waals surface area contributed by atoms with Crippen molar-refractivity contribution >= 4 is 17.5 Å². The lowest BCUT2D eigenvalue weighted by Crippen LogP contribution is -2.31. The van der Waals surface area contributed by atoms with Crippen LogP contribution in [0.4, 0.5) is 0 Å². The van der Waals surface area contributed by atoms with E-state index in [9.17, 15) is 4.79 Å². The monoisotopic (exact) mass is 313 g/mol. The van der Waals surface area contributed by atoms with Gasteiger partial charge in [-0.15, -0.1) is 0 Å².